The van der Waals surface area contributed by atoms with Crippen molar-refractivity contribution in [2.24, 2.45) is 0 Å². The van der Waals surface area contributed by atoms with Crippen LogP contribution in [-0.2, 0) is 6.54 Å². The van der Waals surface area contributed by atoms with Crippen molar-refractivity contribution in [2.45, 2.75) is 13.5 Å². The molecule has 23 heavy (non-hydrogen) atoms. The second kappa shape index (κ2) is 6.93. The van der Waals surface area contributed by atoms with Gasteiger partial charge in [0.25, 0.3) is 5.91 Å². The van der Waals surface area contributed by atoms with Gasteiger partial charge in [0.15, 0.2) is 0 Å². The van der Waals surface area contributed by atoms with Crippen LogP contribution >= 0.6 is 22.9 Å². The van der Waals surface area contributed by atoms with E-state index < -0.39 is 0 Å². The Morgan fingerprint density at radius 2 is 2.17 bits per heavy atom. The molecule has 0 saturated carbocycles. The Kier molecular flexibility index (Phi) is 4.73. The van der Waals surface area contributed by atoms with Crippen molar-refractivity contribution in [1.29, 1.82) is 0 Å². The highest BCUT2D eigenvalue weighted by Gasteiger charge is 2.17. The summed E-state index contributed by atoms with van der Waals surface area (Å²) in [6.45, 7) is 2.98. The molecule has 1 amide bonds. The number of halogens is 1. The maximum absolute atomic E-state index is 12.3. The molecule has 0 aliphatic carbocycles. The lowest BCUT2D eigenvalue weighted by Gasteiger charge is -2.04. The summed E-state index contributed by atoms with van der Waals surface area (Å²) in [5, 5.41) is 8.38. The molecule has 1 N–H and O–H groups in total. The summed E-state index contributed by atoms with van der Waals surface area (Å²) in [5.74, 6) is -0.120. The van der Waals surface area contributed by atoms with Crippen LogP contribution < -0.4 is 5.32 Å². The van der Waals surface area contributed by atoms with Gasteiger partial charge in [-0.15, -0.1) is 11.3 Å². The molecule has 118 valence electrons. The lowest BCUT2D eigenvalue weighted by molar-refractivity contribution is 0.0955. The molecule has 7 heteroatoms. The highest BCUT2D eigenvalue weighted by molar-refractivity contribution is 7.17. The van der Waals surface area contributed by atoms with Crippen molar-refractivity contribution >= 4 is 28.8 Å². The molecule has 3 rings (SSSR count). The second-order valence-electron chi connectivity index (χ2n) is 4.94. The minimum absolute atomic E-state index is 0.120. The number of hydrogen-bond acceptors (Lipinski definition) is 4. The Labute approximate surface area is 142 Å². The minimum atomic E-state index is -0.120. The Bertz CT molecular complexity index is 813. The molecule has 3 aromatic rings. The number of hydrogen-bond donors (Lipinski definition) is 1. The van der Waals surface area contributed by atoms with Crippen LogP contribution in [0.2, 0.25) is 5.02 Å². The number of thiazole rings is 1. The standard InChI is InChI=1S/C16H15ClN4OS/c1-11-14(15(22)18-8-10-21-9-4-7-19-21)23-16(20-11)12-5-2-3-6-13(12)17/h2-7,9H,8,10H2,1H3,(H,18,22). The van der Waals surface area contributed by atoms with Crippen LogP contribution in [0.25, 0.3) is 10.6 Å². The predicted molar refractivity (Wildman–Crippen MR) is 91.9 cm³/mol. The SMILES string of the molecule is Cc1nc(-c2ccccc2Cl)sc1C(=O)NCCn1cccn1. The molecule has 0 unspecified atom stereocenters. The Morgan fingerprint density at radius 3 is 2.91 bits per heavy atom. The van der Waals surface area contributed by atoms with E-state index in [0.717, 1.165) is 10.6 Å². The largest absolute Gasteiger partial charge is 0.349 e. The van der Waals surface area contributed by atoms with E-state index in [2.05, 4.69) is 15.4 Å². The molecular formula is C16H15ClN4OS. The van der Waals surface area contributed by atoms with E-state index in [9.17, 15) is 4.79 Å². The second-order valence-corrected chi connectivity index (χ2v) is 6.34. The number of benzene rings is 1. The fraction of sp³-hybridized carbons (Fsp3) is 0.188. The zero-order valence-electron chi connectivity index (χ0n) is 12.5. The van der Waals surface area contributed by atoms with Crippen molar-refractivity contribution in [1.82, 2.24) is 20.1 Å². The number of rotatable bonds is 5. The molecule has 2 heterocycles. The summed E-state index contributed by atoms with van der Waals surface area (Å²) in [4.78, 5) is 17.4. The third-order valence-electron chi connectivity index (χ3n) is 3.29. The van der Waals surface area contributed by atoms with Crippen LogP contribution in [0, 0.1) is 6.92 Å². The quantitative estimate of drug-likeness (QED) is 0.770. The van der Waals surface area contributed by atoms with Gasteiger partial charge in [-0.25, -0.2) is 4.98 Å². The van der Waals surface area contributed by atoms with E-state index in [1.807, 2.05) is 43.5 Å². The fourth-order valence-electron chi connectivity index (χ4n) is 2.15. The van der Waals surface area contributed by atoms with Crippen LogP contribution in [0.1, 0.15) is 15.4 Å². The molecule has 0 aliphatic heterocycles. The average Bonchev–Trinajstić information content (AvgIpc) is 3.17. The molecule has 0 radical (unpaired) electrons. The van der Waals surface area contributed by atoms with Gasteiger partial charge in [0.05, 0.1) is 17.3 Å². The molecule has 0 spiro atoms. The Hall–Kier alpha value is -2.18. The number of carbonyl (C=O) groups excluding carboxylic acids is 1. The Balaban J connectivity index is 1.70. The van der Waals surface area contributed by atoms with E-state index >= 15 is 0 Å². The van der Waals surface area contributed by atoms with Crippen LogP contribution in [0.15, 0.2) is 42.7 Å². The zero-order chi connectivity index (χ0) is 16.2. The lowest BCUT2D eigenvalue weighted by Crippen LogP contribution is -2.27. The molecule has 0 saturated heterocycles. The number of amides is 1. The normalized spacial score (nSPS) is 10.7. The van der Waals surface area contributed by atoms with E-state index in [4.69, 9.17) is 11.6 Å². The first-order valence-electron chi connectivity index (χ1n) is 7.13. The molecule has 0 fully saturated rings. The lowest BCUT2D eigenvalue weighted by atomic mass is 10.2. The average molecular weight is 347 g/mol. The smallest absolute Gasteiger partial charge is 0.263 e. The number of aryl methyl sites for hydroxylation is 1. The van der Waals surface area contributed by atoms with Crippen molar-refractivity contribution in [2.75, 3.05) is 6.54 Å². The van der Waals surface area contributed by atoms with Crippen molar-refractivity contribution < 1.29 is 4.79 Å². The summed E-state index contributed by atoms with van der Waals surface area (Å²) in [6, 6.07) is 9.35. The van der Waals surface area contributed by atoms with Gasteiger partial charge in [0.2, 0.25) is 0 Å². The number of aromatic nitrogens is 3. The first-order chi connectivity index (χ1) is 11.1. The van der Waals surface area contributed by atoms with Gasteiger partial charge in [-0.2, -0.15) is 5.10 Å². The molecule has 1 aromatic carbocycles. The van der Waals surface area contributed by atoms with Gasteiger partial charge in [0, 0.05) is 24.5 Å². The van der Waals surface area contributed by atoms with E-state index in [1.54, 1.807) is 10.9 Å². The van der Waals surface area contributed by atoms with Crippen LogP contribution in [0.5, 0.6) is 0 Å². The molecular weight excluding hydrogens is 332 g/mol. The maximum Gasteiger partial charge on any atom is 0.263 e. The monoisotopic (exact) mass is 346 g/mol. The van der Waals surface area contributed by atoms with Gasteiger partial charge in [-0.05, 0) is 19.1 Å². The highest BCUT2D eigenvalue weighted by Crippen LogP contribution is 2.32. The van der Waals surface area contributed by atoms with Gasteiger partial charge in [-0.3, -0.25) is 9.48 Å². The Morgan fingerprint density at radius 1 is 1.35 bits per heavy atom. The first-order valence-corrected chi connectivity index (χ1v) is 8.32. The molecule has 0 atom stereocenters. The van der Waals surface area contributed by atoms with Crippen molar-refractivity contribution in [3.63, 3.8) is 0 Å². The number of carbonyl (C=O) groups is 1. The van der Waals surface area contributed by atoms with Crippen LogP contribution in [0.3, 0.4) is 0 Å². The summed E-state index contributed by atoms with van der Waals surface area (Å²) in [5.41, 5.74) is 1.55. The minimum Gasteiger partial charge on any atom is -0.349 e. The first kappa shape index (κ1) is 15.7. The van der Waals surface area contributed by atoms with Crippen LogP contribution in [0.4, 0.5) is 0 Å². The maximum atomic E-state index is 12.3. The highest BCUT2D eigenvalue weighted by atomic mass is 35.5. The van der Waals surface area contributed by atoms with Crippen LogP contribution in [-0.4, -0.2) is 27.2 Å². The van der Waals surface area contributed by atoms with Crippen molar-refractivity contribution in [3.8, 4) is 10.6 Å². The van der Waals surface area contributed by atoms with Gasteiger partial charge < -0.3 is 5.32 Å². The van der Waals surface area contributed by atoms with Gasteiger partial charge in [0.1, 0.15) is 9.88 Å². The van der Waals surface area contributed by atoms with Gasteiger partial charge >= 0.3 is 0 Å². The van der Waals surface area contributed by atoms with E-state index in [0.29, 0.717) is 28.7 Å². The zero-order valence-corrected chi connectivity index (χ0v) is 14.1. The van der Waals surface area contributed by atoms with Gasteiger partial charge in [-0.1, -0.05) is 29.8 Å². The number of nitrogens with zero attached hydrogens (tertiary/aromatic N) is 3. The summed E-state index contributed by atoms with van der Waals surface area (Å²) < 4.78 is 1.77. The molecule has 5 nitrogen and oxygen atoms in total. The third-order valence-corrected chi connectivity index (χ3v) is 4.81. The summed E-state index contributed by atoms with van der Waals surface area (Å²) in [7, 11) is 0. The molecule has 0 aliphatic rings. The third kappa shape index (κ3) is 3.60. The number of nitrogens with one attached hydrogen (secondary N) is 1. The summed E-state index contributed by atoms with van der Waals surface area (Å²) >= 11 is 7.55. The predicted octanol–water partition coefficient (Wildman–Crippen LogP) is 3.40. The fourth-order valence-corrected chi connectivity index (χ4v) is 3.46. The topological polar surface area (TPSA) is 59.8 Å². The molecule has 0 bridgehead atoms. The van der Waals surface area contributed by atoms with E-state index in [1.165, 1.54) is 11.3 Å². The van der Waals surface area contributed by atoms with Crippen molar-refractivity contribution in [3.05, 3.63) is 58.3 Å². The molecule has 2 aromatic heterocycles. The van der Waals surface area contributed by atoms with E-state index in [-0.39, 0.29) is 5.91 Å². The summed E-state index contributed by atoms with van der Waals surface area (Å²) in [6.07, 6.45) is 3.57.